The number of aryl methyl sites for hydroxylation is 1. The van der Waals surface area contributed by atoms with Gasteiger partial charge in [-0.2, -0.15) is 4.31 Å². The number of amides is 1. The van der Waals surface area contributed by atoms with E-state index in [1.807, 2.05) is 6.07 Å². The van der Waals surface area contributed by atoms with E-state index in [1.54, 1.807) is 40.8 Å². The molecule has 134 valence electrons. The summed E-state index contributed by atoms with van der Waals surface area (Å²) in [5, 5.41) is 4.75. The fourth-order valence-corrected chi connectivity index (χ4v) is 5.84. The average Bonchev–Trinajstić information content (AvgIpc) is 3.08. The lowest BCUT2D eigenvalue weighted by Crippen LogP contribution is -2.38. The first kappa shape index (κ1) is 18.1. The van der Waals surface area contributed by atoms with Gasteiger partial charge < -0.3 is 5.32 Å². The number of rotatable bonds is 4. The van der Waals surface area contributed by atoms with Crippen molar-refractivity contribution in [1.82, 2.24) is 4.31 Å². The third-order valence-corrected chi connectivity index (χ3v) is 7.61. The number of hydrogen-bond acceptors (Lipinski definition) is 4. The summed E-state index contributed by atoms with van der Waals surface area (Å²) in [5.41, 5.74) is 1.26. The van der Waals surface area contributed by atoms with E-state index >= 15 is 0 Å². The summed E-state index contributed by atoms with van der Waals surface area (Å²) in [6.45, 7) is 4.27. The maximum Gasteiger partial charge on any atom is 0.243 e. The van der Waals surface area contributed by atoms with Crippen molar-refractivity contribution in [1.29, 1.82) is 0 Å². The Morgan fingerprint density at radius 2 is 1.96 bits per heavy atom. The topological polar surface area (TPSA) is 66.5 Å². The number of anilines is 1. The molecular weight excluding hydrogens is 356 g/mol. The maximum absolute atomic E-state index is 13.0. The molecule has 0 atom stereocenters. The molecule has 1 aliphatic rings. The number of sulfonamides is 1. The van der Waals surface area contributed by atoms with Crippen molar-refractivity contribution in [2.75, 3.05) is 18.4 Å². The molecule has 0 saturated carbocycles. The summed E-state index contributed by atoms with van der Waals surface area (Å²) < 4.78 is 27.5. The van der Waals surface area contributed by atoms with Crippen LogP contribution in [-0.2, 0) is 14.8 Å². The van der Waals surface area contributed by atoms with Crippen LogP contribution in [0.5, 0.6) is 0 Å². The van der Waals surface area contributed by atoms with E-state index in [0.717, 1.165) is 12.8 Å². The Kier molecular flexibility index (Phi) is 5.27. The van der Waals surface area contributed by atoms with Gasteiger partial charge in [-0.25, -0.2) is 8.42 Å². The second kappa shape index (κ2) is 7.27. The van der Waals surface area contributed by atoms with Crippen LogP contribution in [0.4, 0.5) is 5.69 Å². The summed E-state index contributed by atoms with van der Waals surface area (Å²) in [7, 11) is -3.51. The van der Waals surface area contributed by atoms with Crippen molar-refractivity contribution >= 4 is 33.0 Å². The highest BCUT2D eigenvalue weighted by atomic mass is 32.2. The molecule has 1 amide bonds. The summed E-state index contributed by atoms with van der Waals surface area (Å²) in [4.78, 5) is 12.8. The molecule has 0 radical (unpaired) electrons. The van der Waals surface area contributed by atoms with E-state index in [4.69, 9.17) is 0 Å². The number of nitrogens with one attached hydrogen (secondary N) is 1. The minimum absolute atomic E-state index is 0.175. The van der Waals surface area contributed by atoms with Crippen LogP contribution in [-0.4, -0.2) is 31.7 Å². The molecule has 1 saturated heterocycles. The highest BCUT2D eigenvalue weighted by Crippen LogP contribution is 2.33. The molecule has 0 aliphatic carbocycles. The zero-order valence-electron chi connectivity index (χ0n) is 14.4. The number of nitrogens with zero attached hydrogens (tertiary/aromatic N) is 1. The van der Waals surface area contributed by atoms with Crippen molar-refractivity contribution in [3.05, 3.63) is 46.2 Å². The van der Waals surface area contributed by atoms with E-state index in [1.165, 1.54) is 11.8 Å². The van der Waals surface area contributed by atoms with E-state index in [-0.39, 0.29) is 5.91 Å². The highest BCUT2D eigenvalue weighted by molar-refractivity contribution is 7.89. The van der Waals surface area contributed by atoms with Crippen molar-refractivity contribution in [3.8, 4) is 0 Å². The van der Waals surface area contributed by atoms with Gasteiger partial charge in [0.2, 0.25) is 15.9 Å². The fraction of sp³-hybridized carbons (Fsp3) is 0.389. The van der Waals surface area contributed by atoms with E-state index in [9.17, 15) is 13.2 Å². The Balaban J connectivity index is 1.75. The quantitative estimate of drug-likeness (QED) is 0.884. The van der Waals surface area contributed by atoms with Gasteiger partial charge in [0.15, 0.2) is 0 Å². The molecule has 0 bridgehead atoms. The summed E-state index contributed by atoms with van der Waals surface area (Å²) in [6.07, 6.45) is 1.70. The van der Waals surface area contributed by atoms with Gasteiger partial charge in [-0.05, 0) is 60.9 Å². The van der Waals surface area contributed by atoms with Gasteiger partial charge in [0.05, 0.1) is 4.90 Å². The molecule has 1 aliphatic heterocycles. The molecule has 1 fully saturated rings. The lowest BCUT2D eigenvalue weighted by molar-refractivity contribution is -0.114. The molecule has 1 aromatic carbocycles. The number of piperidine rings is 1. The van der Waals surface area contributed by atoms with E-state index < -0.39 is 10.0 Å². The largest absolute Gasteiger partial charge is 0.326 e. The Morgan fingerprint density at radius 3 is 2.52 bits per heavy atom. The van der Waals surface area contributed by atoms with Crippen molar-refractivity contribution < 1.29 is 13.2 Å². The Bertz CT molecular complexity index is 852. The lowest BCUT2D eigenvalue weighted by Gasteiger charge is -2.31. The SMILES string of the molecule is CC(=O)Nc1ccc(S(=O)(=O)N2CCC(c3cccs3)CC2)c(C)c1. The first-order chi connectivity index (χ1) is 11.9. The van der Waals surface area contributed by atoms with Crippen LogP contribution in [0.15, 0.2) is 40.6 Å². The summed E-state index contributed by atoms with van der Waals surface area (Å²) >= 11 is 1.74. The molecule has 0 spiro atoms. The monoisotopic (exact) mass is 378 g/mol. The number of carbonyl (C=O) groups excluding carboxylic acids is 1. The normalized spacial score (nSPS) is 16.7. The van der Waals surface area contributed by atoms with Crippen LogP contribution in [0, 0.1) is 6.92 Å². The van der Waals surface area contributed by atoms with Gasteiger partial charge in [-0.15, -0.1) is 11.3 Å². The van der Waals surface area contributed by atoms with Gasteiger partial charge >= 0.3 is 0 Å². The molecule has 25 heavy (non-hydrogen) atoms. The maximum atomic E-state index is 13.0. The van der Waals surface area contributed by atoms with E-state index in [0.29, 0.717) is 35.2 Å². The summed E-state index contributed by atoms with van der Waals surface area (Å²) in [6, 6.07) is 9.10. The van der Waals surface area contributed by atoms with Crippen LogP contribution in [0.2, 0.25) is 0 Å². The molecule has 3 rings (SSSR count). The molecule has 2 heterocycles. The van der Waals surface area contributed by atoms with Gasteiger partial charge in [0, 0.05) is 30.6 Å². The van der Waals surface area contributed by atoms with Crippen LogP contribution >= 0.6 is 11.3 Å². The first-order valence-electron chi connectivity index (χ1n) is 8.29. The number of benzene rings is 1. The number of thiophene rings is 1. The Labute approximate surface area is 152 Å². The van der Waals surface area contributed by atoms with Crippen LogP contribution < -0.4 is 5.32 Å². The van der Waals surface area contributed by atoms with Gasteiger partial charge in [-0.1, -0.05) is 6.07 Å². The average molecular weight is 379 g/mol. The van der Waals surface area contributed by atoms with Crippen molar-refractivity contribution in [2.24, 2.45) is 0 Å². The third kappa shape index (κ3) is 3.94. The zero-order valence-corrected chi connectivity index (χ0v) is 16.0. The Hall–Kier alpha value is -1.70. The third-order valence-electron chi connectivity index (χ3n) is 4.51. The minimum atomic E-state index is -3.51. The van der Waals surface area contributed by atoms with Gasteiger partial charge in [0.1, 0.15) is 0 Å². The minimum Gasteiger partial charge on any atom is -0.326 e. The standard InChI is InChI=1S/C18H22N2O3S2/c1-13-12-16(19-14(2)21)5-6-18(13)25(22,23)20-9-7-15(8-10-20)17-4-3-11-24-17/h3-6,11-12,15H,7-10H2,1-2H3,(H,19,21). The van der Waals surface area contributed by atoms with Crippen LogP contribution in [0.3, 0.4) is 0 Å². The zero-order chi connectivity index (χ0) is 18.0. The molecule has 1 aromatic heterocycles. The second-order valence-corrected chi connectivity index (χ2v) is 9.24. The van der Waals surface area contributed by atoms with Crippen LogP contribution in [0.25, 0.3) is 0 Å². The smallest absolute Gasteiger partial charge is 0.243 e. The predicted molar refractivity (Wildman–Crippen MR) is 101 cm³/mol. The molecule has 0 unspecified atom stereocenters. The van der Waals surface area contributed by atoms with Gasteiger partial charge in [0.25, 0.3) is 0 Å². The molecule has 5 nitrogen and oxygen atoms in total. The Morgan fingerprint density at radius 1 is 1.24 bits per heavy atom. The number of carbonyl (C=O) groups is 1. The highest BCUT2D eigenvalue weighted by Gasteiger charge is 2.31. The van der Waals surface area contributed by atoms with Gasteiger partial charge in [-0.3, -0.25) is 4.79 Å². The second-order valence-electron chi connectivity index (χ2n) is 6.36. The lowest BCUT2D eigenvalue weighted by atomic mass is 9.97. The number of hydrogen-bond donors (Lipinski definition) is 1. The van der Waals surface area contributed by atoms with Crippen molar-refractivity contribution in [3.63, 3.8) is 0 Å². The van der Waals surface area contributed by atoms with Crippen LogP contribution in [0.1, 0.15) is 36.1 Å². The molecule has 7 heteroatoms. The molecule has 2 aromatic rings. The van der Waals surface area contributed by atoms with E-state index in [2.05, 4.69) is 16.8 Å². The summed E-state index contributed by atoms with van der Waals surface area (Å²) in [5.74, 6) is 0.278. The molecular formula is C18H22N2O3S2. The first-order valence-corrected chi connectivity index (χ1v) is 10.6. The predicted octanol–water partition coefficient (Wildman–Crippen LogP) is 3.58. The molecule has 1 N–H and O–H groups in total. The fourth-order valence-electron chi connectivity index (χ4n) is 3.26. The van der Waals surface area contributed by atoms with Crippen molar-refractivity contribution in [2.45, 2.75) is 37.5 Å².